The fourth-order valence-corrected chi connectivity index (χ4v) is 0.875. The van der Waals surface area contributed by atoms with Crippen molar-refractivity contribution in [2.75, 3.05) is 12.1 Å². The Kier molecular flexibility index (Phi) is 3.30. The molecule has 0 saturated carbocycles. The predicted molar refractivity (Wildman–Crippen MR) is 49.6 cm³/mol. The largest absolute Gasteiger partial charge is 0.276 e. The Balaban J connectivity index is 2.88. The first-order valence-electron chi connectivity index (χ1n) is 3.92. The van der Waals surface area contributed by atoms with Crippen LogP contribution in [0.4, 0.5) is 10.1 Å². The van der Waals surface area contributed by atoms with Gasteiger partial charge in [0.25, 0.3) is 0 Å². The quantitative estimate of drug-likeness (QED) is 0.567. The summed E-state index contributed by atoms with van der Waals surface area (Å²) in [6.45, 7) is 2.35. The lowest BCUT2D eigenvalue weighted by molar-refractivity contribution is 0.210. The first-order chi connectivity index (χ1) is 6.27. The molecule has 68 valence electrons. The number of benzene rings is 1. The molecule has 0 unspecified atom stereocenters. The van der Waals surface area contributed by atoms with Gasteiger partial charge in [0.2, 0.25) is 0 Å². The zero-order valence-electron chi connectivity index (χ0n) is 7.30. The monoisotopic (exact) mass is 179 g/mol. The Morgan fingerprint density at radius 2 is 2.38 bits per heavy atom. The third kappa shape index (κ3) is 2.46. The molecule has 0 saturated heterocycles. The summed E-state index contributed by atoms with van der Waals surface area (Å²) in [6.07, 6.45) is 5.18. The van der Waals surface area contributed by atoms with Crippen LogP contribution in [0.5, 0.6) is 0 Å². The average Bonchev–Trinajstić information content (AvgIpc) is 2.16. The Morgan fingerprint density at radius 3 is 3.00 bits per heavy atom. The normalized spacial score (nSPS) is 9.31. The number of hydrogen-bond donors (Lipinski definition) is 1. The molecule has 3 heteroatoms. The SMILES string of the molecule is C#Cc1cc(F)ccc1NOCC. The van der Waals surface area contributed by atoms with Crippen molar-refractivity contribution in [2.24, 2.45) is 0 Å². The molecular formula is C10H10FNO. The minimum absolute atomic E-state index is 0.352. The molecule has 0 fully saturated rings. The molecule has 0 amide bonds. The summed E-state index contributed by atoms with van der Waals surface area (Å²) in [5.41, 5.74) is 3.69. The predicted octanol–water partition coefficient (Wildman–Crippen LogP) is 2.17. The minimum Gasteiger partial charge on any atom is -0.276 e. The third-order valence-electron chi connectivity index (χ3n) is 1.46. The number of anilines is 1. The van der Waals surface area contributed by atoms with E-state index in [2.05, 4.69) is 11.4 Å². The van der Waals surface area contributed by atoms with Crippen LogP contribution in [-0.4, -0.2) is 6.61 Å². The topological polar surface area (TPSA) is 21.3 Å². The Hall–Kier alpha value is -1.53. The van der Waals surface area contributed by atoms with E-state index in [0.29, 0.717) is 17.9 Å². The van der Waals surface area contributed by atoms with E-state index < -0.39 is 0 Å². The van der Waals surface area contributed by atoms with E-state index in [-0.39, 0.29) is 5.82 Å². The van der Waals surface area contributed by atoms with E-state index in [1.54, 1.807) is 6.07 Å². The molecule has 0 atom stereocenters. The molecular weight excluding hydrogens is 169 g/mol. The molecule has 1 aromatic carbocycles. The summed E-state index contributed by atoms with van der Waals surface area (Å²) in [5.74, 6) is 2.01. The van der Waals surface area contributed by atoms with E-state index in [1.807, 2.05) is 6.92 Å². The fraction of sp³-hybridized carbons (Fsp3) is 0.200. The zero-order valence-corrected chi connectivity index (χ0v) is 7.30. The Labute approximate surface area is 76.7 Å². The molecule has 1 rings (SSSR count). The van der Waals surface area contributed by atoms with Crippen LogP contribution in [0, 0.1) is 18.2 Å². The Bertz CT molecular complexity index is 330. The van der Waals surface area contributed by atoms with Crippen LogP contribution in [0.25, 0.3) is 0 Å². The molecule has 0 aliphatic carbocycles. The summed E-state index contributed by atoms with van der Waals surface area (Å²) in [4.78, 5) is 4.93. The molecule has 1 aromatic rings. The van der Waals surface area contributed by atoms with Gasteiger partial charge in [0.05, 0.1) is 17.9 Å². The molecule has 0 heterocycles. The van der Waals surface area contributed by atoms with Gasteiger partial charge in [-0.3, -0.25) is 10.3 Å². The van der Waals surface area contributed by atoms with E-state index in [4.69, 9.17) is 11.3 Å². The van der Waals surface area contributed by atoms with Crippen LogP contribution in [0.2, 0.25) is 0 Å². The third-order valence-corrected chi connectivity index (χ3v) is 1.46. The van der Waals surface area contributed by atoms with Gasteiger partial charge in [0.15, 0.2) is 0 Å². The molecule has 0 aliphatic rings. The maximum Gasteiger partial charge on any atom is 0.124 e. The highest BCUT2D eigenvalue weighted by atomic mass is 19.1. The van der Waals surface area contributed by atoms with Gasteiger partial charge in [-0.2, -0.15) is 0 Å². The average molecular weight is 179 g/mol. The van der Waals surface area contributed by atoms with Gasteiger partial charge in [-0.15, -0.1) is 6.42 Å². The Morgan fingerprint density at radius 1 is 1.62 bits per heavy atom. The van der Waals surface area contributed by atoms with Crippen LogP contribution >= 0.6 is 0 Å². The number of halogens is 1. The molecule has 0 aromatic heterocycles. The molecule has 1 N–H and O–H groups in total. The van der Waals surface area contributed by atoms with Crippen molar-refractivity contribution in [2.45, 2.75) is 6.92 Å². The summed E-state index contributed by atoms with van der Waals surface area (Å²) in [6, 6.07) is 4.14. The van der Waals surface area contributed by atoms with Crippen LogP contribution in [-0.2, 0) is 4.84 Å². The number of hydrogen-bond acceptors (Lipinski definition) is 2. The van der Waals surface area contributed by atoms with E-state index in [0.717, 1.165) is 0 Å². The fourth-order valence-electron chi connectivity index (χ4n) is 0.875. The van der Waals surface area contributed by atoms with Crippen molar-refractivity contribution >= 4 is 5.69 Å². The molecule has 0 radical (unpaired) electrons. The highest BCUT2D eigenvalue weighted by molar-refractivity contribution is 5.57. The van der Waals surface area contributed by atoms with Crippen molar-refractivity contribution in [3.8, 4) is 12.3 Å². The second-order valence-corrected chi connectivity index (χ2v) is 2.37. The van der Waals surface area contributed by atoms with E-state index in [9.17, 15) is 4.39 Å². The molecule has 13 heavy (non-hydrogen) atoms. The van der Waals surface area contributed by atoms with E-state index in [1.165, 1.54) is 12.1 Å². The first-order valence-corrected chi connectivity index (χ1v) is 3.92. The maximum absolute atomic E-state index is 12.7. The maximum atomic E-state index is 12.7. The summed E-state index contributed by atoms with van der Waals surface area (Å²) in [5, 5.41) is 0. The number of rotatable bonds is 3. The molecule has 0 bridgehead atoms. The molecule has 2 nitrogen and oxygen atoms in total. The van der Waals surface area contributed by atoms with Gasteiger partial charge in [-0.05, 0) is 25.1 Å². The second-order valence-electron chi connectivity index (χ2n) is 2.37. The van der Waals surface area contributed by atoms with Crippen molar-refractivity contribution in [1.29, 1.82) is 0 Å². The van der Waals surface area contributed by atoms with Gasteiger partial charge in [0.1, 0.15) is 5.82 Å². The highest BCUT2D eigenvalue weighted by Gasteiger charge is 2.00. The van der Waals surface area contributed by atoms with Gasteiger partial charge in [-0.25, -0.2) is 4.39 Å². The minimum atomic E-state index is -0.352. The van der Waals surface area contributed by atoms with Gasteiger partial charge in [-0.1, -0.05) is 5.92 Å². The highest BCUT2D eigenvalue weighted by Crippen LogP contribution is 2.15. The van der Waals surface area contributed by atoms with Crippen LogP contribution < -0.4 is 5.48 Å². The first kappa shape index (κ1) is 9.56. The van der Waals surface area contributed by atoms with Crippen molar-refractivity contribution in [3.63, 3.8) is 0 Å². The lowest BCUT2D eigenvalue weighted by Gasteiger charge is -2.06. The van der Waals surface area contributed by atoms with Crippen LogP contribution in [0.3, 0.4) is 0 Å². The number of nitrogens with one attached hydrogen (secondary N) is 1. The summed E-state index contributed by atoms with van der Waals surface area (Å²) in [7, 11) is 0. The molecule has 0 aliphatic heterocycles. The van der Waals surface area contributed by atoms with Crippen molar-refractivity contribution in [3.05, 3.63) is 29.6 Å². The number of terminal acetylenes is 1. The summed E-state index contributed by atoms with van der Waals surface area (Å²) >= 11 is 0. The van der Waals surface area contributed by atoms with Gasteiger partial charge >= 0.3 is 0 Å². The zero-order chi connectivity index (χ0) is 9.68. The van der Waals surface area contributed by atoms with E-state index >= 15 is 0 Å². The smallest absolute Gasteiger partial charge is 0.124 e. The van der Waals surface area contributed by atoms with Gasteiger partial charge < -0.3 is 0 Å². The standard InChI is InChI=1S/C10H10FNO/c1-3-8-7-9(11)5-6-10(8)12-13-4-2/h1,5-7,12H,4H2,2H3. The summed E-state index contributed by atoms with van der Waals surface area (Å²) < 4.78 is 12.7. The second kappa shape index (κ2) is 4.48. The lowest BCUT2D eigenvalue weighted by atomic mass is 10.2. The molecule has 0 spiro atoms. The van der Waals surface area contributed by atoms with Crippen LogP contribution in [0.1, 0.15) is 12.5 Å². The van der Waals surface area contributed by atoms with Crippen LogP contribution in [0.15, 0.2) is 18.2 Å². The van der Waals surface area contributed by atoms with Crippen molar-refractivity contribution in [1.82, 2.24) is 0 Å². The van der Waals surface area contributed by atoms with Gasteiger partial charge in [0, 0.05) is 0 Å². The van der Waals surface area contributed by atoms with Crippen molar-refractivity contribution < 1.29 is 9.23 Å². The lowest BCUT2D eigenvalue weighted by Crippen LogP contribution is -2.02.